The first-order chi connectivity index (χ1) is 14.1. The van der Waals surface area contributed by atoms with Crippen LogP contribution in [-0.2, 0) is 4.79 Å². The van der Waals surface area contributed by atoms with E-state index in [1.807, 2.05) is 37.4 Å². The van der Waals surface area contributed by atoms with Gasteiger partial charge in [-0.1, -0.05) is 17.2 Å². The summed E-state index contributed by atoms with van der Waals surface area (Å²) >= 11 is 1.66. The Morgan fingerprint density at radius 2 is 1.90 bits per heavy atom. The number of nitrogens with zero attached hydrogens (tertiary/aromatic N) is 4. The molecule has 0 radical (unpaired) electrons. The lowest BCUT2D eigenvalue weighted by atomic mass is 9.95. The first-order valence-corrected chi connectivity index (χ1v) is 10.2. The van der Waals surface area contributed by atoms with Gasteiger partial charge in [-0.25, -0.2) is 0 Å². The predicted octanol–water partition coefficient (Wildman–Crippen LogP) is 3.33. The molecule has 1 aliphatic rings. The zero-order valence-electron chi connectivity index (χ0n) is 16.2. The fraction of sp³-hybridized carbons (Fsp3) is 0.200. The molecule has 1 aromatic heterocycles. The van der Waals surface area contributed by atoms with Crippen LogP contribution >= 0.6 is 11.8 Å². The van der Waals surface area contributed by atoms with Gasteiger partial charge in [-0.2, -0.15) is 4.68 Å². The second-order valence-electron chi connectivity index (χ2n) is 6.47. The molecule has 1 aliphatic heterocycles. The summed E-state index contributed by atoms with van der Waals surface area (Å²) in [5.41, 5.74) is 2.86. The predicted molar refractivity (Wildman–Crippen MR) is 112 cm³/mol. The highest BCUT2D eigenvalue weighted by Gasteiger charge is 2.34. The van der Waals surface area contributed by atoms with Gasteiger partial charge < -0.3 is 15.4 Å². The number of tetrazole rings is 1. The number of fused-ring (bicyclic) bond motifs is 1. The molecule has 0 fully saturated rings. The number of carbonyl (C=O) groups excluding carboxylic acids is 1. The highest BCUT2D eigenvalue weighted by Crippen LogP contribution is 2.35. The minimum Gasteiger partial charge on any atom is -0.497 e. The second-order valence-corrected chi connectivity index (χ2v) is 7.35. The molecule has 1 atom stereocenters. The minimum absolute atomic E-state index is 0.222. The summed E-state index contributed by atoms with van der Waals surface area (Å²) in [5, 5.41) is 18.0. The molecule has 0 spiro atoms. The van der Waals surface area contributed by atoms with Crippen LogP contribution in [0.1, 0.15) is 18.5 Å². The molecule has 4 rings (SSSR count). The Balaban J connectivity index is 1.70. The number of amides is 1. The van der Waals surface area contributed by atoms with E-state index in [0.717, 1.165) is 16.2 Å². The number of hydrogen-bond acceptors (Lipinski definition) is 7. The summed E-state index contributed by atoms with van der Waals surface area (Å²) in [7, 11) is 1.60. The third-order valence-corrected chi connectivity index (χ3v) is 5.48. The monoisotopic (exact) mass is 408 g/mol. The van der Waals surface area contributed by atoms with E-state index >= 15 is 0 Å². The smallest absolute Gasteiger partial charge is 0.255 e. The van der Waals surface area contributed by atoms with Crippen LogP contribution in [0.5, 0.6) is 5.75 Å². The van der Waals surface area contributed by atoms with Crippen LogP contribution in [0.25, 0.3) is 0 Å². The molecule has 0 saturated heterocycles. The summed E-state index contributed by atoms with van der Waals surface area (Å²) in [6.45, 7) is 1.85. The second kappa shape index (κ2) is 7.96. The molecule has 0 aliphatic carbocycles. The van der Waals surface area contributed by atoms with Gasteiger partial charge in [0.25, 0.3) is 5.91 Å². The zero-order valence-corrected chi connectivity index (χ0v) is 17.0. The first kappa shape index (κ1) is 19.0. The zero-order chi connectivity index (χ0) is 20.4. The topological polar surface area (TPSA) is 94.0 Å². The van der Waals surface area contributed by atoms with Crippen LogP contribution in [0.4, 0.5) is 11.6 Å². The van der Waals surface area contributed by atoms with E-state index in [1.165, 1.54) is 0 Å². The highest BCUT2D eigenvalue weighted by atomic mass is 32.2. The van der Waals surface area contributed by atoms with Crippen LogP contribution in [0.2, 0.25) is 0 Å². The third kappa shape index (κ3) is 3.68. The lowest BCUT2D eigenvalue weighted by Crippen LogP contribution is -2.31. The molecule has 2 aromatic carbocycles. The van der Waals surface area contributed by atoms with E-state index in [9.17, 15) is 4.79 Å². The summed E-state index contributed by atoms with van der Waals surface area (Å²) < 4.78 is 6.80. The first-order valence-electron chi connectivity index (χ1n) is 8.95. The van der Waals surface area contributed by atoms with Crippen molar-refractivity contribution in [3.63, 3.8) is 0 Å². The molecule has 0 unspecified atom stereocenters. The van der Waals surface area contributed by atoms with Crippen LogP contribution < -0.4 is 15.4 Å². The van der Waals surface area contributed by atoms with Gasteiger partial charge in [-0.15, -0.1) is 11.8 Å². The van der Waals surface area contributed by atoms with Gasteiger partial charge in [0.05, 0.1) is 12.7 Å². The summed E-state index contributed by atoms with van der Waals surface area (Å²) in [6.07, 6.45) is 2.02. The van der Waals surface area contributed by atoms with E-state index in [2.05, 4.69) is 26.2 Å². The van der Waals surface area contributed by atoms with Crippen molar-refractivity contribution in [3.05, 3.63) is 65.4 Å². The van der Waals surface area contributed by atoms with Crippen molar-refractivity contribution in [2.75, 3.05) is 24.0 Å². The maximum absolute atomic E-state index is 13.2. The molecular formula is C20H20N6O2S. The van der Waals surface area contributed by atoms with Crippen LogP contribution in [0, 0.1) is 0 Å². The van der Waals surface area contributed by atoms with Crippen LogP contribution in [-0.4, -0.2) is 39.5 Å². The number of aromatic nitrogens is 4. The summed E-state index contributed by atoms with van der Waals surface area (Å²) in [5.74, 6) is 1.01. The maximum atomic E-state index is 13.2. The van der Waals surface area contributed by atoms with E-state index in [-0.39, 0.29) is 5.91 Å². The van der Waals surface area contributed by atoms with Crippen molar-refractivity contribution in [1.82, 2.24) is 20.2 Å². The van der Waals surface area contributed by atoms with E-state index in [4.69, 9.17) is 4.74 Å². The molecule has 9 heteroatoms. The molecule has 0 bridgehead atoms. The van der Waals surface area contributed by atoms with Gasteiger partial charge in [-0.3, -0.25) is 4.79 Å². The van der Waals surface area contributed by atoms with Crippen molar-refractivity contribution >= 4 is 29.3 Å². The standard InChI is InChI=1S/C20H20N6O2S/c1-12-17(19(27)22-14-6-8-15(28-2)9-7-14)18(26-20(21-12)23-24-25-26)13-4-10-16(29-3)11-5-13/h4-11,18H,1-3H3,(H,22,27)(H,21,23,25)/t18-/m0/s1. The number of rotatable bonds is 5. The number of methoxy groups -OCH3 is 1. The third-order valence-electron chi connectivity index (χ3n) is 4.74. The van der Waals surface area contributed by atoms with Crippen molar-refractivity contribution < 1.29 is 9.53 Å². The Bertz CT molecular complexity index is 1060. The number of carbonyl (C=O) groups is 1. The van der Waals surface area contributed by atoms with Crippen LogP contribution in [0.3, 0.4) is 0 Å². The number of anilines is 2. The lowest BCUT2D eigenvalue weighted by molar-refractivity contribution is -0.113. The van der Waals surface area contributed by atoms with E-state index in [0.29, 0.717) is 22.9 Å². The number of benzene rings is 2. The molecule has 0 saturated carbocycles. The van der Waals surface area contributed by atoms with Crippen molar-refractivity contribution in [3.8, 4) is 5.75 Å². The molecule has 8 nitrogen and oxygen atoms in total. The molecule has 148 valence electrons. The van der Waals surface area contributed by atoms with Gasteiger partial charge in [0.1, 0.15) is 11.8 Å². The number of hydrogen-bond donors (Lipinski definition) is 2. The van der Waals surface area contributed by atoms with E-state index < -0.39 is 6.04 Å². The Kier molecular flexibility index (Phi) is 5.22. The SMILES string of the molecule is COc1ccc(NC(=O)C2=C(C)Nc3nnnn3[C@H]2c2ccc(SC)cc2)cc1. The van der Waals surface area contributed by atoms with E-state index in [1.54, 1.807) is 47.8 Å². The van der Waals surface area contributed by atoms with Gasteiger partial charge in [0, 0.05) is 16.3 Å². The minimum atomic E-state index is -0.435. The number of thioether (sulfide) groups is 1. The van der Waals surface area contributed by atoms with Gasteiger partial charge in [0.2, 0.25) is 5.95 Å². The lowest BCUT2D eigenvalue weighted by Gasteiger charge is -2.28. The number of nitrogens with one attached hydrogen (secondary N) is 2. The Labute approximate surface area is 172 Å². The fourth-order valence-corrected chi connectivity index (χ4v) is 3.68. The normalized spacial score (nSPS) is 15.5. The Morgan fingerprint density at radius 1 is 1.17 bits per heavy atom. The average Bonchev–Trinajstić information content (AvgIpc) is 3.21. The summed E-state index contributed by atoms with van der Waals surface area (Å²) in [4.78, 5) is 14.4. The van der Waals surface area contributed by atoms with Gasteiger partial charge >= 0.3 is 0 Å². The van der Waals surface area contributed by atoms with Gasteiger partial charge in [-0.05, 0) is 65.6 Å². The maximum Gasteiger partial charge on any atom is 0.255 e. The molecule has 2 heterocycles. The Hall–Kier alpha value is -3.33. The average molecular weight is 408 g/mol. The highest BCUT2D eigenvalue weighted by molar-refractivity contribution is 7.98. The van der Waals surface area contributed by atoms with Crippen molar-refractivity contribution in [1.29, 1.82) is 0 Å². The quantitative estimate of drug-likeness (QED) is 0.626. The molecule has 1 amide bonds. The molecule has 29 heavy (non-hydrogen) atoms. The number of ether oxygens (including phenoxy) is 1. The summed E-state index contributed by atoms with van der Waals surface area (Å²) in [6, 6.07) is 14.8. The fourth-order valence-electron chi connectivity index (χ4n) is 3.27. The van der Waals surface area contributed by atoms with Gasteiger partial charge in [0.15, 0.2) is 0 Å². The number of allylic oxidation sites excluding steroid dienone is 1. The molecular weight excluding hydrogens is 388 g/mol. The van der Waals surface area contributed by atoms with Crippen LogP contribution in [0.15, 0.2) is 64.7 Å². The largest absolute Gasteiger partial charge is 0.497 e. The van der Waals surface area contributed by atoms with Crippen molar-refractivity contribution in [2.24, 2.45) is 0 Å². The molecule has 2 N–H and O–H groups in total. The molecule has 3 aromatic rings. The van der Waals surface area contributed by atoms with Crippen molar-refractivity contribution in [2.45, 2.75) is 17.9 Å². The Morgan fingerprint density at radius 3 is 2.55 bits per heavy atom.